The van der Waals surface area contributed by atoms with Gasteiger partial charge in [0.2, 0.25) is 5.91 Å². The highest BCUT2D eigenvalue weighted by atomic mass is 32.2. The van der Waals surface area contributed by atoms with E-state index in [0.29, 0.717) is 18.8 Å². The average molecular weight is 396 g/mol. The van der Waals surface area contributed by atoms with Gasteiger partial charge in [-0.05, 0) is 43.3 Å². The molecule has 0 saturated carbocycles. The molecule has 5 nitrogen and oxygen atoms in total. The van der Waals surface area contributed by atoms with Crippen LogP contribution in [0.25, 0.3) is 11.0 Å². The van der Waals surface area contributed by atoms with Gasteiger partial charge in [-0.25, -0.2) is 14.4 Å². The summed E-state index contributed by atoms with van der Waals surface area (Å²) in [4.78, 5) is 25.9. The summed E-state index contributed by atoms with van der Waals surface area (Å²) in [7, 11) is 0. The normalized spacial score (nSPS) is 14.5. The van der Waals surface area contributed by atoms with E-state index in [-0.39, 0.29) is 11.7 Å². The minimum absolute atomic E-state index is 0.109. The maximum absolute atomic E-state index is 13.1. The average Bonchev–Trinajstić information content (AvgIpc) is 2.72. The molecule has 2 aromatic carbocycles. The molecule has 1 aliphatic rings. The van der Waals surface area contributed by atoms with Gasteiger partial charge in [0.1, 0.15) is 10.8 Å². The Morgan fingerprint density at radius 2 is 1.64 bits per heavy atom. The van der Waals surface area contributed by atoms with Crippen molar-refractivity contribution in [1.82, 2.24) is 14.9 Å². The van der Waals surface area contributed by atoms with Crippen molar-refractivity contribution in [2.45, 2.75) is 11.9 Å². The minimum atomic E-state index is -0.235. The zero-order valence-corrected chi connectivity index (χ0v) is 16.5. The van der Waals surface area contributed by atoms with Crippen molar-refractivity contribution in [2.75, 3.05) is 36.8 Å². The van der Waals surface area contributed by atoms with Gasteiger partial charge in [0.15, 0.2) is 0 Å². The molecule has 7 heteroatoms. The maximum atomic E-state index is 13.1. The van der Waals surface area contributed by atoms with Crippen LogP contribution in [0, 0.1) is 12.7 Å². The number of fused-ring (bicyclic) bond motifs is 1. The number of benzene rings is 2. The number of thioether (sulfide) groups is 1. The Balaban J connectivity index is 1.34. The van der Waals surface area contributed by atoms with E-state index in [1.54, 1.807) is 12.1 Å². The number of aryl methyl sites for hydroxylation is 1. The molecule has 0 radical (unpaired) electrons. The summed E-state index contributed by atoms with van der Waals surface area (Å²) >= 11 is 1.44. The van der Waals surface area contributed by atoms with Gasteiger partial charge in [0, 0.05) is 31.9 Å². The van der Waals surface area contributed by atoms with E-state index in [4.69, 9.17) is 0 Å². The molecule has 2 heterocycles. The monoisotopic (exact) mass is 396 g/mol. The number of hydrogen-bond acceptors (Lipinski definition) is 5. The zero-order chi connectivity index (χ0) is 19.5. The number of para-hydroxylation sites is 2. The van der Waals surface area contributed by atoms with E-state index >= 15 is 0 Å². The first-order valence-corrected chi connectivity index (χ1v) is 10.2. The fourth-order valence-electron chi connectivity index (χ4n) is 3.30. The summed E-state index contributed by atoms with van der Waals surface area (Å²) < 4.78 is 13.1. The van der Waals surface area contributed by atoms with Crippen LogP contribution in [0.3, 0.4) is 0 Å². The predicted octanol–water partition coefficient (Wildman–Crippen LogP) is 3.52. The van der Waals surface area contributed by atoms with E-state index in [2.05, 4.69) is 14.9 Å². The Labute approximate surface area is 167 Å². The van der Waals surface area contributed by atoms with Gasteiger partial charge in [-0.1, -0.05) is 23.9 Å². The van der Waals surface area contributed by atoms with Crippen LogP contribution in [0.15, 0.2) is 53.6 Å². The molecular formula is C21H21FN4OS. The second-order valence-electron chi connectivity index (χ2n) is 6.74. The van der Waals surface area contributed by atoms with Gasteiger partial charge in [-0.15, -0.1) is 0 Å². The lowest BCUT2D eigenvalue weighted by Gasteiger charge is -2.36. The van der Waals surface area contributed by atoms with Crippen LogP contribution in [0.4, 0.5) is 10.1 Å². The second kappa shape index (κ2) is 8.14. The third-order valence-corrected chi connectivity index (χ3v) is 5.91. The van der Waals surface area contributed by atoms with Crippen LogP contribution in [-0.2, 0) is 4.79 Å². The van der Waals surface area contributed by atoms with Crippen LogP contribution in [0.2, 0.25) is 0 Å². The fourth-order valence-corrected chi connectivity index (χ4v) is 4.16. The van der Waals surface area contributed by atoms with Gasteiger partial charge in [0.05, 0.1) is 22.5 Å². The van der Waals surface area contributed by atoms with Crippen LogP contribution in [0.1, 0.15) is 5.69 Å². The third-order valence-electron chi connectivity index (χ3n) is 4.86. The number of piperazine rings is 1. The first-order chi connectivity index (χ1) is 13.6. The lowest BCUT2D eigenvalue weighted by atomic mass is 10.2. The van der Waals surface area contributed by atoms with Crippen molar-refractivity contribution in [3.8, 4) is 0 Å². The van der Waals surface area contributed by atoms with Crippen molar-refractivity contribution in [3.05, 3.63) is 60.0 Å². The zero-order valence-electron chi connectivity index (χ0n) is 15.6. The van der Waals surface area contributed by atoms with Gasteiger partial charge in [-0.3, -0.25) is 4.79 Å². The second-order valence-corrected chi connectivity index (χ2v) is 7.70. The summed E-state index contributed by atoms with van der Waals surface area (Å²) in [6.07, 6.45) is 0. The lowest BCUT2D eigenvalue weighted by molar-refractivity contribution is -0.128. The van der Waals surface area contributed by atoms with Gasteiger partial charge < -0.3 is 9.80 Å². The van der Waals surface area contributed by atoms with E-state index in [1.165, 1.54) is 23.9 Å². The number of nitrogens with zero attached hydrogens (tertiary/aromatic N) is 4. The SMILES string of the molecule is Cc1nc2ccccc2nc1SCC(=O)N1CCN(c2ccc(F)cc2)CC1. The molecule has 0 atom stereocenters. The standard InChI is InChI=1S/C21H21FN4OS/c1-15-21(24-19-5-3-2-4-18(19)23-15)28-14-20(27)26-12-10-25(11-13-26)17-8-6-16(22)7-9-17/h2-9H,10-14H2,1H3. The summed E-state index contributed by atoms with van der Waals surface area (Å²) in [5.74, 6) is 0.226. The molecule has 28 heavy (non-hydrogen) atoms. The highest BCUT2D eigenvalue weighted by molar-refractivity contribution is 7.99. The Bertz CT molecular complexity index is 987. The number of rotatable bonds is 4. The predicted molar refractivity (Wildman–Crippen MR) is 110 cm³/mol. The van der Waals surface area contributed by atoms with E-state index in [1.807, 2.05) is 36.1 Å². The summed E-state index contributed by atoms with van der Waals surface area (Å²) in [6, 6.07) is 14.3. The Hall–Kier alpha value is -2.67. The Morgan fingerprint density at radius 1 is 1.00 bits per heavy atom. The molecule has 0 spiro atoms. The smallest absolute Gasteiger partial charge is 0.233 e. The first-order valence-electron chi connectivity index (χ1n) is 9.24. The van der Waals surface area contributed by atoms with Crippen LogP contribution < -0.4 is 4.90 Å². The molecular weight excluding hydrogens is 375 g/mol. The molecule has 1 saturated heterocycles. The highest BCUT2D eigenvalue weighted by Crippen LogP contribution is 2.23. The summed E-state index contributed by atoms with van der Waals surface area (Å²) in [5.41, 5.74) is 3.55. The number of aromatic nitrogens is 2. The summed E-state index contributed by atoms with van der Waals surface area (Å²) in [6.45, 7) is 4.75. The topological polar surface area (TPSA) is 49.3 Å². The van der Waals surface area contributed by atoms with Crippen molar-refractivity contribution in [1.29, 1.82) is 0 Å². The van der Waals surface area contributed by atoms with Gasteiger partial charge >= 0.3 is 0 Å². The molecule has 0 N–H and O–H groups in total. The summed E-state index contributed by atoms with van der Waals surface area (Å²) in [5, 5.41) is 0.803. The highest BCUT2D eigenvalue weighted by Gasteiger charge is 2.22. The quantitative estimate of drug-likeness (QED) is 0.632. The van der Waals surface area contributed by atoms with E-state index < -0.39 is 0 Å². The molecule has 0 aliphatic carbocycles. The number of carbonyl (C=O) groups is 1. The number of carbonyl (C=O) groups excluding carboxylic acids is 1. The molecule has 1 fully saturated rings. The van der Waals surface area contributed by atoms with Crippen LogP contribution in [-0.4, -0.2) is 52.7 Å². The van der Waals surface area contributed by atoms with Crippen LogP contribution >= 0.6 is 11.8 Å². The Kier molecular flexibility index (Phi) is 5.43. The number of amides is 1. The van der Waals surface area contributed by atoms with Crippen molar-refractivity contribution >= 4 is 34.4 Å². The lowest BCUT2D eigenvalue weighted by Crippen LogP contribution is -2.49. The molecule has 144 valence electrons. The van der Waals surface area contributed by atoms with Gasteiger partial charge in [-0.2, -0.15) is 0 Å². The van der Waals surface area contributed by atoms with E-state index in [0.717, 1.165) is 40.5 Å². The van der Waals surface area contributed by atoms with Gasteiger partial charge in [0.25, 0.3) is 0 Å². The molecule has 1 aliphatic heterocycles. The number of halogens is 1. The molecule has 0 bridgehead atoms. The third kappa shape index (κ3) is 4.09. The van der Waals surface area contributed by atoms with Crippen molar-refractivity contribution < 1.29 is 9.18 Å². The number of anilines is 1. The fraction of sp³-hybridized carbons (Fsp3) is 0.286. The molecule has 1 aromatic heterocycles. The van der Waals surface area contributed by atoms with Crippen molar-refractivity contribution in [3.63, 3.8) is 0 Å². The molecule has 4 rings (SSSR count). The van der Waals surface area contributed by atoms with E-state index in [9.17, 15) is 9.18 Å². The molecule has 0 unspecified atom stereocenters. The largest absolute Gasteiger partial charge is 0.368 e. The minimum Gasteiger partial charge on any atom is -0.368 e. The maximum Gasteiger partial charge on any atom is 0.233 e. The van der Waals surface area contributed by atoms with Crippen molar-refractivity contribution in [2.24, 2.45) is 0 Å². The first kappa shape index (κ1) is 18.7. The number of hydrogen-bond donors (Lipinski definition) is 0. The van der Waals surface area contributed by atoms with Crippen LogP contribution in [0.5, 0.6) is 0 Å². The molecule has 1 amide bonds. The molecule has 3 aromatic rings. The Morgan fingerprint density at radius 3 is 2.32 bits per heavy atom.